The lowest BCUT2D eigenvalue weighted by Crippen LogP contribution is -2.46. The standard InChI is InChI=1S/C12H29ClOSi2/c1-9(2)15(10(3)4)14-16(13,11(5)6)12(7)8/h9-12,15H,1-8H3. The molecule has 0 N–H and O–H groups in total. The Morgan fingerprint density at radius 2 is 1.12 bits per heavy atom. The van der Waals surface area contributed by atoms with Gasteiger partial charge in [0.25, 0.3) is 7.63 Å². The molecule has 0 aromatic rings. The molecule has 0 amide bonds. The van der Waals surface area contributed by atoms with Crippen LogP contribution in [0.1, 0.15) is 55.4 Å². The maximum Gasteiger partial charge on any atom is 0.285 e. The molecule has 0 aliphatic carbocycles. The van der Waals surface area contributed by atoms with Crippen molar-refractivity contribution in [1.82, 2.24) is 0 Å². The fourth-order valence-electron chi connectivity index (χ4n) is 2.19. The van der Waals surface area contributed by atoms with Crippen LogP contribution in [-0.4, -0.2) is 16.7 Å². The monoisotopic (exact) mass is 280 g/mol. The number of rotatable bonds is 6. The lowest BCUT2D eigenvalue weighted by molar-refractivity contribution is 0.508. The summed E-state index contributed by atoms with van der Waals surface area (Å²) in [5, 5.41) is 0. The minimum absolute atomic E-state index is 0.488. The van der Waals surface area contributed by atoms with E-state index in [-0.39, 0.29) is 0 Å². The van der Waals surface area contributed by atoms with Gasteiger partial charge in [0.05, 0.1) is 0 Å². The highest BCUT2D eigenvalue weighted by Gasteiger charge is 2.43. The summed E-state index contributed by atoms with van der Waals surface area (Å²) in [4.78, 5) is 0. The van der Waals surface area contributed by atoms with Crippen LogP contribution in [0.5, 0.6) is 0 Å². The summed E-state index contributed by atoms with van der Waals surface area (Å²) in [5.74, 6) is 0. The maximum absolute atomic E-state index is 6.84. The van der Waals surface area contributed by atoms with E-state index < -0.39 is 16.7 Å². The van der Waals surface area contributed by atoms with E-state index in [0.29, 0.717) is 22.2 Å². The van der Waals surface area contributed by atoms with Crippen molar-refractivity contribution in [3.05, 3.63) is 0 Å². The second-order valence-corrected chi connectivity index (χ2v) is 16.1. The van der Waals surface area contributed by atoms with Crippen LogP contribution in [-0.2, 0) is 4.12 Å². The van der Waals surface area contributed by atoms with Crippen molar-refractivity contribution >= 4 is 27.7 Å². The molecule has 0 aliphatic rings. The molecule has 0 saturated heterocycles. The third-order valence-electron chi connectivity index (χ3n) is 3.21. The molecule has 98 valence electrons. The van der Waals surface area contributed by atoms with Gasteiger partial charge in [-0.2, -0.15) is 0 Å². The van der Waals surface area contributed by atoms with Gasteiger partial charge < -0.3 is 4.12 Å². The molecule has 0 saturated carbocycles. The quantitative estimate of drug-likeness (QED) is 0.489. The Kier molecular flexibility index (Phi) is 6.85. The van der Waals surface area contributed by atoms with Crippen molar-refractivity contribution in [2.45, 2.75) is 77.6 Å². The van der Waals surface area contributed by atoms with E-state index in [1.807, 2.05) is 0 Å². The molecule has 0 rings (SSSR count). The molecule has 0 unspecified atom stereocenters. The molecular weight excluding hydrogens is 252 g/mol. The Morgan fingerprint density at radius 3 is 1.31 bits per heavy atom. The predicted molar refractivity (Wildman–Crippen MR) is 80.2 cm³/mol. The van der Waals surface area contributed by atoms with Gasteiger partial charge in [0, 0.05) is 0 Å². The van der Waals surface area contributed by atoms with Crippen LogP contribution in [0.3, 0.4) is 0 Å². The summed E-state index contributed by atoms with van der Waals surface area (Å²) < 4.78 is 6.53. The zero-order valence-electron chi connectivity index (χ0n) is 12.2. The SMILES string of the molecule is CC(C)[SiH](O[Si](Cl)(C(C)C)C(C)C)C(C)C. The van der Waals surface area contributed by atoms with Gasteiger partial charge in [-0.3, -0.25) is 0 Å². The van der Waals surface area contributed by atoms with Crippen molar-refractivity contribution in [2.75, 3.05) is 0 Å². The summed E-state index contributed by atoms with van der Waals surface area (Å²) in [7, 11) is -3.25. The maximum atomic E-state index is 6.84. The van der Waals surface area contributed by atoms with E-state index in [4.69, 9.17) is 15.2 Å². The van der Waals surface area contributed by atoms with Gasteiger partial charge in [0.1, 0.15) is 0 Å². The molecular formula is C12H29ClOSi2. The van der Waals surface area contributed by atoms with Crippen LogP contribution >= 0.6 is 11.1 Å². The molecule has 0 heterocycles. The van der Waals surface area contributed by atoms with Gasteiger partial charge in [0.15, 0.2) is 9.04 Å². The van der Waals surface area contributed by atoms with Crippen LogP contribution in [0.25, 0.3) is 0 Å². The van der Waals surface area contributed by atoms with Crippen LogP contribution in [0, 0.1) is 0 Å². The first-order valence-corrected chi connectivity index (χ1v) is 11.4. The van der Waals surface area contributed by atoms with Gasteiger partial charge in [-0.05, 0) is 22.2 Å². The molecule has 0 spiro atoms. The third kappa shape index (κ3) is 4.17. The number of halogens is 1. The highest BCUT2D eigenvalue weighted by atomic mass is 35.6. The normalized spacial score (nSPS) is 13.9. The van der Waals surface area contributed by atoms with E-state index in [0.717, 1.165) is 0 Å². The first-order chi connectivity index (χ1) is 7.12. The Balaban J connectivity index is 4.86. The second-order valence-electron chi connectivity index (χ2n) is 6.08. The van der Waals surface area contributed by atoms with E-state index in [1.54, 1.807) is 0 Å². The van der Waals surface area contributed by atoms with Crippen LogP contribution in [0.2, 0.25) is 22.2 Å². The smallest absolute Gasteiger partial charge is 0.285 e. The predicted octanol–water partition coefficient (Wildman–Crippen LogP) is 5.05. The van der Waals surface area contributed by atoms with Crippen LogP contribution in [0.4, 0.5) is 0 Å². The van der Waals surface area contributed by atoms with Gasteiger partial charge in [-0.15, -0.1) is 11.1 Å². The molecule has 0 fully saturated rings. The van der Waals surface area contributed by atoms with Crippen molar-refractivity contribution in [2.24, 2.45) is 0 Å². The largest absolute Gasteiger partial charge is 0.446 e. The van der Waals surface area contributed by atoms with Gasteiger partial charge >= 0.3 is 0 Å². The third-order valence-corrected chi connectivity index (χ3v) is 14.9. The number of hydrogen-bond acceptors (Lipinski definition) is 1. The summed E-state index contributed by atoms with van der Waals surface area (Å²) >= 11 is 6.84. The van der Waals surface area contributed by atoms with Crippen molar-refractivity contribution < 1.29 is 4.12 Å². The van der Waals surface area contributed by atoms with E-state index in [2.05, 4.69) is 55.4 Å². The van der Waals surface area contributed by atoms with E-state index >= 15 is 0 Å². The first-order valence-electron chi connectivity index (χ1n) is 6.49. The number of hydrogen-bond donors (Lipinski definition) is 0. The molecule has 0 aromatic heterocycles. The van der Waals surface area contributed by atoms with Gasteiger partial charge in [-0.1, -0.05) is 55.4 Å². The second kappa shape index (κ2) is 6.57. The highest BCUT2D eigenvalue weighted by Crippen LogP contribution is 2.40. The Labute approximate surface area is 109 Å². The van der Waals surface area contributed by atoms with Crippen molar-refractivity contribution in [3.63, 3.8) is 0 Å². The molecule has 0 radical (unpaired) electrons. The molecule has 0 aliphatic heterocycles. The van der Waals surface area contributed by atoms with Gasteiger partial charge in [-0.25, -0.2) is 0 Å². The zero-order valence-corrected chi connectivity index (χ0v) is 15.1. The van der Waals surface area contributed by atoms with E-state index in [1.165, 1.54) is 0 Å². The lowest BCUT2D eigenvalue weighted by Gasteiger charge is -2.38. The Morgan fingerprint density at radius 1 is 0.812 bits per heavy atom. The summed E-state index contributed by atoms with van der Waals surface area (Å²) in [6.45, 7) is 18.0. The molecule has 0 atom stereocenters. The highest BCUT2D eigenvalue weighted by molar-refractivity contribution is 7.19. The Hall–Kier alpha value is 0.684. The average Bonchev–Trinajstić information content (AvgIpc) is 2.11. The lowest BCUT2D eigenvalue weighted by atomic mass is 10.5. The fourth-order valence-corrected chi connectivity index (χ4v) is 12.0. The zero-order chi connectivity index (χ0) is 13.1. The van der Waals surface area contributed by atoms with Crippen LogP contribution < -0.4 is 0 Å². The molecule has 1 nitrogen and oxygen atoms in total. The summed E-state index contributed by atoms with van der Waals surface area (Å²) in [6, 6.07) is 0. The molecule has 0 bridgehead atoms. The molecule has 0 aromatic carbocycles. The summed E-state index contributed by atoms with van der Waals surface area (Å²) in [6.07, 6.45) is 0. The molecule has 4 heteroatoms. The van der Waals surface area contributed by atoms with Crippen molar-refractivity contribution in [1.29, 1.82) is 0 Å². The van der Waals surface area contributed by atoms with Crippen LogP contribution in [0.15, 0.2) is 0 Å². The van der Waals surface area contributed by atoms with E-state index in [9.17, 15) is 0 Å². The van der Waals surface area contributed by atoms with Gasteiger partial charge in [0.2, 0.25) is 0 Å². The summed E-state index contributed by atoms with van der Waals surface area (Å²) in [5.41, 5.74) is 2.31. The topological polar surface area (TPSA) is 9.23 Å². The average molecular weight is 281 g/mol. The molecule has 16 heavy (non-hydrogen) atoms. The fraction of sp³-hybridized carbons (Fsp3) is 1.00. The minimum atomic E-state index is -2.06. The first kappa shape index (κ1) is 16.7. The van der Waals surface area contributed by atoms with Crippen molar-refractivity contribution in [3.8, 4) is 0 Å². The Bertz CT molecular complexity index is 189. The minimum Gasteiger partial charge on any atom is -0.446 e.